The minimum absolute atomic E-state index is 0.111. The van der Waals surface area contributed by atoms with Crippen LogP contribution in [0.4, 0.5) is 0 Å². The van der Waals surface area contributed by atoms with Crippen molar-refractivity contribution in [2.45, 2.75) is 179 Å². The van der Waals surface area contributed by atoms with E-state index in [-0.39, 0.29) is 37.2 Å². The molecule has 17 unspecified atom stereocenters. The number of rotatable bonds is 8. The summed E-state index contributed by atoms with van der Waals surface area (Å²) >= 11 is 0. The molecule has 0 aromatic carbocycles. The van der Waals surface area contributed by atoms with Gasteiger partial charge in [0, 0.05) is 44.4 Å². The molecule has 3 aliphatic heterocycles. The number of esters is 1. The number of hydrogen-bond acceptors (Lipinski definition) is 14. The molecule has 0 saturated carbocycles. The van der Waals surface area contributed by atoms with E-state index in [1.807, 2.05) is 32.8 Å². The molecule has 0 amide bonds. The van der Waals surface area contributed by atoms with Gasteiger partial charge in [0.25, 0.3) is 0 Å². The number of cyclic esters (lactones) is 1. The monoisotopic (exact) mass is 747 g/mol. The number of aliphatic hydroxyl groups is 4. The third-order valence-electron chi connectivity index (χ3n) is 12.3. The van der Waals surface area contributed by atoms with E-state index in [4.69, 9.17) is 33.2 Å². The molecule has 0 aromatic heterocycles. The molecule has 304 valence electrons. The minimum atomic E-state index is -1.96. The van der Waals surface area contributed by atoms with Crippen LogP contribution in [0, 0.1) is 23.7 Å². The van der Waals surface area contributed by atoms with Crippen molar-refractivity contribution in [1.29, 1.82) is 0 Å². The van der Waals surface area contributed by atoms with Crippen LogP contribution in [0.25, 0.3) is 0 Å². The molecular weight excluding hydrogens is 678 g/mol. The van der Waals surface area contributed by atoms with Crippen LogP contribution >= 0.6 is 0 Å². The number of carbonyl (C=O) groups excluding carboxylic acids is 2. The summed E-state index contributed by atoms with van der Waals surface area (Å²) in [5.41, 5.74) is -4.24. The van der Waals surface area contributed by atoms with Crippen molar-refractivity contribution in [3.63, 3.8) is 0 Å². The van der Waals surface area contributed by atoms with E-state index >= 15 is 0 Å². The molecule has 0 spiro atoms. The Morgan fingerprint density at radius 1 is 0.846 bits per heavy atom. The normalized spacial score (nSPS) is 49.0. The molecule has 0 aromatic rings. The van der Waals surface area contributed by atoms with Crippen molar-refractivity contribution >= 4 is 11.8 Å². The van der Waals surface area contributed by atoms with Crippen LogP contribution in [0.3, 0.4) is 0 Å². The Morgan fingerprint density at radius 3 is 1.98 bits per heavy atom. The number of likely N-dealkylation sites (N-methyl/N-ethyl adjacent to an activating group) is 1. The number of hydrogen-bond donors (Lipinski definition) is 4. The highest BCUT2D eigenvalue weighted by Gasteiger charge is 2.54. The molecule has 3 heterocycles. The Kier molecular flexibility index (Phi) is 15.3. The van der Waals surface area contributed by atoms with Gasteiger partial charge in [0.05, 0.1) is 47.6 Å². The molecule has 18 atom stereocenters. The van der Waals surface area contributed by atoms with Gasteiger partial charge in [-0.1, -0.05) is 27.7 Å². The molecule has 14 nitrogen and oxygen atoms in total. The van der Waals surface area contributed by atoms with Gasteiger partial charge in [-0.05, 0) is 74.9 Å². The smallest absolute Gasteiger partial charge is 0.311 e. The van der Waals surface area contributed by atoms with Gasteiger partial charge in [-0.2, -0.15) is 0 Å². The van der Waals surface area contributed by atoms with E-state index in [2.05, 4.69) is 0 Å². The highest BCUT2D eigenvalue weighted by Crippen LogP contribution is 2.41. The fourth-order valence-corrected chi connectivity index (χ4v) is 8.58. The summed E-state index contributed by atoms with van der Waals surface area (Å²) in [6, 6.07) is -0.283. The van der Waals surface area contributed by atoms with E-state index in [0.29, 0.717) is 6.42 Å². The van der Waals surface area contributed by atoms with Gasteiger partial charge >= 0.3 is 5.97 Å². The molecule has 0 aliphatic carbocycles. The first-order valence-electron chi connectivity index (χ1n) is 18.9. The van der Waals surface area contributed by atoms with Crippen LogP contribution in [-0.4, -0.2) is 150 Å². The zero-order valence-corrected chi connectivity index (χ0v) is 33.9. The number of nitrogens with zero attached hydrogens (tertiary/aromatic N) is 1. The second-order valence-electron chi connectivity index (χ2n) is 16.6. The third-order valence-corrected chi connectivity index (χ3v) is 12.3. The van der Waals surface area contributed by atoms with Crippen molar-refractivity contribution in [1.82, 2.24) is 4.90 Å². The first-order valence-corrected chi connectivity index (χ1v) is 18.9. The highest BCUT2D eigenvalue weighted by molar-refractivity contribution is 5.83. The van der Waals surface area contributed by atoms with Crippen LogP contribution in [0.1, 0.15) is 94.9 Å². The summed E-state index contributed by atoms with van der Waals surface area (Å²) in [5, 5.41) is 45.6. The first kappa shape index (κ1) is 45.1. The molecule has 0 radical (unpaired) electrons. The second-order valence-corrected chi connectivity index (χ2v) is 16.6. The van der Waals surface area contributed by atoms with Crippen LogP contribution in [-0.2, 0) is 42.7 Å². The molecule has 3 fully saturated rings. The van der Waals surface area contributed by atoms with Gasteiger partial charge in [-0.15, -0.1) is 0 Å². The second kappa shape index (κ2) is 17.7. The maximum atomic E-state index is 14.2. The zero-order valence-electron chi connectivity index (χ0n) is 33.9. The molecule has 4 N–H and O–H groups in total. The van der Waals surface area contributed by atoms with E-state index in [1.54, 1.807) is 48.5 Å². The van der Waals surface area contributed by atoms with Crippen LogP contribution < -0.4 is 0 Å². The van der Waals surface area contributed by atoms with Gasteiger partial charge in [0.1, 0.15) is 29.7 Å². The molecule has 3 aliphatic rings. The van der Waals surface area contributed by atoms with Crippen LogP contribution in [0.2, 0.25) is 0 Å². The Morgan fingerprint density at radius 2 is 1.44 bits per heavy atom. The predicted molar refractivity (Wildman–Crippen MR) is 191 cm³/mol. The summed E-state index contributed by atoms with van der Waals surface area (Å²) < 4.78 is 43.9. The molecule has 52 heavy (non-hydrogen) atoms. The van der Waals surface area contributed by atoms with Gasteiger partial charge < -0.3 is 58.5 Å². The Hall–Kier alpha value is -1.30. The van der Waals surface area contributed by atoms with Crippen molar-refractivity contribution in [3.05, 3.63) is 0 Å². The van der Waals surface area contributed by atoms with Crippen molar-refractivity contribution in [3.8, 4) is 0 Å². The van der Waals surface area contributed by atoms with Gasteiger partial charge in [0.2, 0.25) is 0 Å². The average molecular weight is 748 g/mol. The summed E-state index contributed by atoms with van der Waals surface area (Å²) in [4.78, 5) is 30.1. The maximum absolute atomic E-state index is 14.2. The van der Waals surface area contributed by atoms with E-state index in [1.165, 1.54) is 21.1 Å². The van der Waals surface area contributed by atoms with E-state index < -0.39 is 102 Å². The summed E-state index contributed by atoms with van der Waals surface area (Å²) in [7, 11) is 6.77. The van der Waals surface area contributed by atoms with Gasteiger partial charge in [-0.3, -0.25) is 9.59 Å². The van der Waals surface area contributed by atoms with Gasteiger partial charge in [0.15, 0.2) is 12.6 Å². The predicted octanol–water partition coefficient (Wildman–Crippen LogP) is 2.44. The molecule has 3 rings (SSSR count). The topological polar surface area (TPSA) is 183 Å². The molecule has 14 heteroatoms. The minimum Gasteiger partial charge on any atom is -0.459 e. The van der Waals surface area contributed by atoms with Crippen molar-refractivity contribution < 1.29 is 63.2 Å². The lowest BCUT2D eigenvalue weighted by molar-refractivity contribution is -0.319. The molecular formula is C38H69NO13. The highest BCUT2D eigenvalue weighted by atomic mass is 16.7. The van der Waals surface area contributed by atoms with Crippen LogP contribution in [0.15, 0.2) is 0 Å². The maximum Gasteiger partial charge on any atom is 0.311 e. The molecule has 3 saturated heterocycles. The first-order chi connectivity index (χ1) is 24.0. The lowest BCUT2D eigenvalue weighted by atomic mass is 9.74. The average Bonchev–Trinajstić information content (AvgIpc) is 3.09. The van der Waals surface area contributed by atoms with E-state index in [9.17, 15) is 30.0 Å². The number of aliphatic hydroxyl groups excluding tert-OH is 3. The Balaban J connectivity index is 2.22. The lowest BCUT2D eigenvalue weighted by Crippen LogP contribution is -2.61. The standard InChI is InChI=1S/C38H69NO13/c1-15-26-38(10,45)31(42)21(4)28(40)19(2)17-37(9,47-14)33(52-35-29(41)25(39(11)12)16-20(3)48-35)22(5)30(23(6)34(44)50-26)51-27-18-36(8,46-13)32(43)24(7)49-27/h19-27,29-33,35,41-43,45H,15-18H2,1-14H3/t19?,20?,21?,22?,23?,24?,25?,26-,27?,29?,30?,31?,32?,33?,35?,36?,37?,38?/m1/s1. The summed E-state index contributed by atoms with van der Waals surface area (Å²) in [5.74, 6) is -4.47. The summed E-state index contributed by atoms with van der Waals surface area (Å²) in [6.45, 7) is 17.1. The fourth-order valence-electron chi connectivity index (χ4n) is 8.58. The zero-order chi connectivity index (χ0) is 39.7. The Bertz CT molecular complexity index is 1190. The van der Waals surface area contributed by atoms with Gasteiger partial charge in [-0.25, -0.2) is 0 Å². The van der Waals surface area contributed by atoms with Crippen molar-refractivity contribution in [2.24, 2.45) is 23.7 Å². The SMILES string of the molecule is CC[C@H]1OC(=O)C(C)C(OC2CC(C)(OC)C(O)C(C)O2)C(C)C(OC2OC(C)CC(N(C)C)C2O)C(C)(OC)CC(C)C(=O)C(C)C(O)C1(C)O. The lowest BCUT2D eigenvalue weighted by Gasteiger charge is -2.50. The third kappa shape index (κ3) is 9.38. The van der Waals surface area contributed by atoms with Crippen LogP contribution in [0.5, 0.6) is 0 Å². The Labute approximate surface area is 310 Å². The number of carbonyl (C=O) groups is 2. The molecule has 0 bridgehead atoms. The van der Waals surface area contributed by atoms with E-state index in [0.717, 1.165) is 0 Å². The number of ether oxygens (including phenoxy) is 7. The van der Waals surface area contributed by atoms with Crippen molar-refractivity contribution in [2.75, 3.05) is 28.3 Å². The largest absolute Gasteiger partial charge is 0.459 e. The number of Topliss-reactive ketones (excluding diaryl/α,β-unsaturated/α-hetero) is 1. The quantitative estimate of drug-likeness (QED) is 0.266. The summed E-state index contributed by atoms with van der Waals surface area (Å²) in [6.07, 6.45) is -8.73. The number of ketones is 1. The number of methoxy groups -OCH3 is 2. The fraction of sp³-hybridized carbons (Fsp3) is 0.947.